The summed E-state index contributed by atoms with van der Waals surface area (Å²) in [6, 6.07) is 53.5. The second-order valence-corrected chi connectivity index (χ2v) is 10.9. The van der Waals surface area contributed by atoms with Crippen molar-refractivity contribution in [1.29, 1.82) is 0 Å². The lowest BCUT2D eigenvalue weighted by Gasteiger charge is -2.29. The maximum absolute atomic E-state index is 2.35. The van der Waals surface area contributed by atoms with Crippen LogP contribution in [0.3, 0.4) is 0 Å². The van der Waals surface area contributed by atoms with E-state index in [0.717, 1.165) is 32.1 Å². The van der Waals surface area contributed by atoms with Crippen molar-refractivity contribution in [2.75, 3.05) is 0 Å². The molecule has 3 unspecified atom stereocenters. The Labute approximate surface area is 235 Å². The Kier molecular flexibility index (Phi) is 9.42. The third-order valence-electron chi connectivity index (χ3n) is 8.30. The van der Waals surface area contributed by atoms with E-state index in [0.29, 0.717) is 17.8 Å². The lowest BCUT2D eigenvalue weighted by molar-refractivity contribution is 0.446. The molecule has 0 heteroatoms. The number of aryl methyl sites for hydroxylation is 2. The molecule has 5 aromatic carbocycles. The number of rotatable bonds is 12. The fourth-order valence-corrected chi connectivity index (χ4v) is 6.08. The van der Waals surface area contributed by atoms with Gasteiger partial charge in [-0.1, -0.05) is 146 Å². The van der Waals surface area contributed by atoms with Crippen molar-refractivity contribution >= 4 is 0 Å². The summed E-state index contributed by atoms with van der Waals surface area (Å²) >= 11 is 0. The summed E-state index contributed by atoms with van der Waals surface area (Å²) in [4.78, 5) is 0. The Hall–Kier alpha value is -3.90. The highest BCUT2D eigenvalue weighted by Crippen LogP contribution is 2.40. The molecule has 39 heavy (non-hydrogen) atoms. The van der Waals surface area contributed by atoms with Crippen molar-refractivity contribution in [3.63, 3.8) is 0 Å². The van der Waals surface area contributed by atoms with Gasteiger partial charge in [-0.3, -0.25) is 0 Å². The molecule has 0 nitrogen and oxygen atoms in total. The predicted molar refractivity (Wildman–Crippen MR) is 166 cm³/mol. The average Bonchev–Trinajstić information content (AvgIpc) is 3.01. The van der Waals surface area contributed by atoms with Gasteiger partial charge in [-0.25, -0.2) is 0 Å². The molecule has 3 atom stereocenters. The molecule has 0 amide bonds. The SMILES string of the molecule is Cc1ccccc1CC(CC(CC(CCc1ccccc1)c1ccccc1)c1ccccc1)c1ccccc1. The van der Waals surface area contributed by atoms with E-state index in [9.17, 15) is 0 Å². The summed E-state index contributed by atoms with van der Waals surface area (Å²) in [5, 5.41) is 0. The minimum Gasteiger partial charge on any atom is -0.0622 e. The van der Waals surface area contributed by atoms with Gasteiger partial charge in [0, 0.05) is 0 Å². The standard InChI is InChI=1S/C39H40/c1-31-16-14-15-25-36(31)28-38(34-21-10-4-11-22-34)30-39(35-23-12-5-13-24-35)29-37(33-19-8-3-9-20-33)27-26-32-17-6-2-7-18-32/h2-25,37-39H,26-30H2,1H3. The summed E-state index contributed by atoms with van der Waals surface area (Å²) in [5.74, 6) is 1.44. The molecule has 0 fully saturated rings. The second kappa shape index (κ2) is 13.8. The molecule has 0 aliphatic rings. The lowest BCUT2D eigenvalue weighted by atomic mass is 9.75. The molecule has 0 saturated heterocycles. The van der Waals surface area contributed by atoms with Crippen LogP contribution in [0.25, 0.3) is 0 Å². The molecule has 0 spiro atoms. The van der Waals surface area contributed by atoms with Gasteiger partial charge in [0.1, 0.15) is 0 Å². The molecular weight excluding hydrogens is 468 g/mol. The normalized spacial score (nSPS) is 13.5. The van der Waals surface area contributed by atoms with Crippen LogP contribution in [-0.2, 0) is 12.8 Å². The Morgan fingerprint density at radius 3 is 1.44 bits per heavy atom. The molecule has 0 saturated carbocycles. The Balaban J connectivity index is 1.46. The predicted octanol–water partition coefficient (Wildman–Crippen LogP) is 10.3. The van der Waals surface area contributed by atoms with E-state index in [1.54, 1.807) is 0 Å². The number of hydrogen-bond donors (Lipinski definition) is 0. The topological polar surface area (TPSA) is 0 Å². The van der Waals surface area contributed by atoms with Crippen molar-refractivity contribution in [3.8, 4) is 0 Å². The van der Waals surface area contributed by atoms with Gasteiger partial charge in [0.05, 0.1) is 0 Å². The highest BCUT2D eigenvalue weighted by atomic mass is 14.3. The zero-order valence-corrected chi connectivity index (χ0v) is 23.1. The molecule has 0 aromatic heterocycles. The second-order valence-electron chi connectivity index (χ2n) is 10.9. The zero-order chi connectivity index (χ0) is 26.7. The molecule has 0 heterocycles. The van der Waals surface area contributed by atoms with E-state index in [2.05, 4.69) is 153 Å². The van der Waals surface area contributed by atoms with Crippen LogP contribution >= 0.6 is 0 Å². The van der Waals surface area contributed by atoms with E-state index in [1.165, 1.54) is 33.4 Å². The maximum Gasteiger partial charge on any atom is -0.0116 e. The smallest absolute Gasteiger partial charge is 0.0116 e. The van der Waals surface area contributed by atoms with Crippen LogP contribution in [0.15, 0.2) is 146 Å². The first-order valence-corrected chi connectivity index (χ1v) is 14.5. The van der Waals surface area contributed by atoms with Crippen LogP contribution in [0.5, 0.6) is 0 Å². The average molecular weight is 509 g/mol. The summed E-state index contributed by atoms with van der Waals surface area (Å²) in [6.07, 6.45) is 5.62. The minimum absolute atomic E-state index is 0.461. The molecule has 5 rings (SSSR count). The van der Waals surface area contributed by atoms with Crippen molar-refractivity contribution < 1.29 is 0 Å². The van der Waals surface area contributed by atoms with Crippen LogP contribution < -0.4 is 0 Å². The molecule has 5 aromatic rings. The molecular formula is C39H40. The van der Waals surface area contributed by atoms with Crippen molar-refractivity contribution in [1.82, 2.24) is 0 Å². The van der Waals surface area contributed by atoms with Gasteiger partial charge < -0.3 is 0 Å². The van der Waals surface area contributed by atoms with Crippen LogP contribution in [0.1, 0.15) is 70.4 Å². The van der Waals surface area contributed by atoms with E-state index in [-0.39, 0.29) is 0 Å². The van der Waals surface area contributed by atoms with Crippen LogP contribution in [-0.4, -0.2) is 0 Å². The van der Waals surface area contributed by atoms with Crippen molar-refractivity contribution in [2.45, 2.75) is 56.8 Å². The van der Waals surface area contributed by atoms with Gasteiger partial charge in [0.2, 0.25) is 0 Å². The third-order valence-corrected chi connectivity index (χ3v) is 8.30. The highest BCUT2D eigenvalue weighted by molar-refractivity contribution is 5.31. The van der Waals surface area contributed by atoms with E-state index < -0.39 is 0 Å². The van der Waals surface area contributed by atoms with E-state index in [4.69, 9.17) is 0 Å². The van der Waals surface area contributed by atoms with E-state index in [1.807, 2.05) is 0 Å². The largest absolute Gasteiger partial charge is 0.0622 e. The summed E-state index contributed by atoms with van der Waals surface area (Å²) in [6.45, 7) is 2.25. The van der Waals surface area contributed by atoms with Gasteiger partial charge in [0.25, 0.3) is 0 Å². The maximum atomic E-state index is 2.35. The van der Waals surface area contributed by atoms with Crippen LogP contribution in [0, 0.1) is 6.92 Å². The number of benzene rings is 5. The van der Waals surface area contributed by atoms with Gasteiger partial charge in [-0.15, -0.1) is 0 Å². The first-order valence-electron chi connectivity index (χ1n) is 14.5. The summed E-state index contributed by atoms with van der Waals surface area (Å²) < 4.78 is 0. The zero-order valence-electron chi connectivity index (χ0n) is 23.1. The summed E-state index contributed by atoms with van der Waals surface area (Å²) in [7, 11) is 0. The Morgan fingerprint density at radius 2 is 0.872 bits per heavy atom. The third kappa shape index (κ3) is 7.58. The minimum atomic E-state index is 0.461. The monoisotopic (exact) mass is 508 g/mol. The molecule has 0 N–H and O–H groups in total. The first kappa shape index (κ1) is 26.7. The Morgan fingerprint density at radius 1 is 0.436 bits per heavy atom. The van der Waals surface area contributed by atoms with Crippen LogP contribution in [0.4, 0.5) is 0 Å². The fraction of sp³-hybridized carbons (Fsp3) is 0.231. The van der Waals surface area contributed by atoms with Gasteiger partial charge in [-0.2, -0.15) is 0 Å². The highest BCUT2D eigenvalue weighted by Gasteiger charge is 2.25. The van der Waals surface area contributed by atoms with Gasteiger partial charge in [-0.05, 0) is 90.2 Å². The molecule has 196 valence electrons. The van der Waals surface area contributed by atoms with Gasteiger partial charge >= 0.3 is 0 Å². The molecule has 0 aliphatic carbocycles. The first-order chi connectivity index (χ1) is 19.3. The van der Waals surface area contributed by atoms with Gasteiger partial charge in [0.15, 0.2) is 0 Å². The molecule has 0 radical (unpaired) electrons. The fourth-order valence-electron chi connectivity index (χ4n) is 6.08. The molecule has 0 bridgehead atoms. The summed E-state index contributed by atoms with van der Waals surface area (Å²) in [5.41, 5.74) is 8.65. The Bertz CT molecular complexity index is 1370. The number of hydrogen-bond acceptors (Lipinski definition) is 0. The van der Waals surface area contributed by atoms with Crippen molar-refractivity contribution in [2.24, 2.45) is 0 Å². The van der Waals surface area contributed by atoms with Crippen LogP contribution in [0.2, 0.25) is 0 Å². The van der Waals surface area contributed by atoms with E-state index >= 15 is 0 Å². The lowest BCUT2D eigenvalue weighted by Crippen LogP contribution is -2.14. The quantitative estimate of drug-likeness (QED) is 0.157. The molecule has 0 aliphatic heterocycles. The van der Waals surface area contributed by atoms with Crippen molar-refractivity contribution in [3.05, 3.63) is 179 Å².